The van der Waals surface area contributed by atoms with Crippen LogP contribution in [0.5, 0.6) is 0 Å². The maximum absolute atomic E-state index is 11.7. The zero-order chi connectivity index (χ0) is 9.85. The number of methoxy groups -OCH3 is 1. The molecule has 2 fully saturated rings. The smallest absolute Gasteiger partial charge is 0.316 e. The number of fused-ring (bicyclic) bond motifs is 1. The van der Waals surface area contributed by atoms with Crippen molar-refractivity contribution in [1.82, 2.24) is 0 Å². The van der Waals surface area contributed by atoms with E-state index in [0.29, 0.717) is 5.92 Å². The summed E-state index contributed by atoms with van der Waals surface area (Å²) in [5.74, 6) is 0.393. The minimum absolute atomic E-state index is 0.0787. The molecule has 13 heavy (non-hydrogen) atoms. The summed E-state index contributed by atoms with van der Waals surface area (Å²) in [4.78, 5) is 11.7. The van der Waals surface area contributed by atoms with Gasteiger partial charge in [0.05, 0.1) is 12.5 Å². The third-order valence-electron chi connectivity index (χ3n) is 4.13. The Labute approximate surface area is 79.0 Å². The van der Waals surface area contributed by atoms with E-state index in [1.165, 1.54) is 7.11 Å². The number of esters is 1. The largest absolute Gasteiger partial charge is 0.468 e. The first-order valence-corrected chi connectivity index (χ1v) is 4.76. The lowest BCUT2D eigenvalue weighted by molar-refractivity contribution is -0.146. The van der Waals surface area contributed by atoms with Crippen molar-refractivity contribution in [2.75, 3.05) is 7.11 Å². The van der Waals surface area contributed by atoms with E-state index >= 15 is 0 Å². The zero-order valence-corrected chi connectivity index (χ0v) is 8.52. The van der Waals surface area contributed by atoms with Crippen LogP contribution >= 0.6 is 0 Å². The second kappa shape index (κ2) is 2.17. The molecule has 2 heteroatoms. The number of hydrogen-bond acceptors (Lipinski definition) is 2. The first-order chi connectivity index (χ1) is 5.99. The molecule has 0 amide bonds. The fraction of sp³-hybridized carbons (Fsp3) is 0.727. The highest BCUT2D eigenvalue weighted by Crippen LogP contribution is 2.78. The number of carbonyl (C=O) groups is 1. The van der Waals surface area contributed by atoms with Gasteiger partial charge in [0.1, 0.15) is 0 Å². The van der Waals surface area contributed by atoms with Crippen molar-refractivity contribution in [3.63, 3.8) is 0 Å². The van der Waals surface area contributed by atoms with Gasteiger partial charge in [-0.15, -0.1) is 0 Å². The standard InChI is InChI=1S/C11H16O2/c1-7-5-6-8-10(2,3)11(7,8)9(12)13-4/h8H,1,5-6H2,2-4H3/t8-,11+/m0/s1. The monoisotopic (exact) mass is 180 g/mol. The van der Waals surface area contributed by atoms with E-state index in [2.05, 4.69) is 20.4 Å². The van der Waals surface area contributed by atoms with E-state index in [0.717, 1.165) is 18.4 Å². The molecule has 0 N–H and O–H groups in total. The first-order valence-electron chi connectivity index (χ1n) is 4.76. The summed E-state index contributed by atoms with van der Waals surface area (Å²) in [5.41, 5.74) is 0.825. The van der Waals surface area contributed by atoms with Crippen LogP contribution in [0.1, 0.15) is 26.7 Å². The summed E-state index contributed by atoms with van der Waals surface area (Å²) < 4.78 is 4.89. The van der Waals surface area contributed by atoms with Crippen molar-refractivity contribution >= 4 is 5.97 Å². The van der Waals surface area contributed by atoms with Crippen LogP contribution < -0.4 is 0 Å². The van der Waals surface area contributed by atoms with Gasteiger partial charge in [0.2, 0.25) is 0 Å². The molecule has 0 saturated heterocycles. The minimum atomic E-state index is -0.332. The fourth-order valence-electron chi connectivity index (χ4n) is 3.38. The predicted octanol–water partition coefficient (Wildman–Crippen LogP) is 2.15. The molecule has 0 radical (unpaired) electrons. The molecule has 0 aliphatic heterocycles. The molecule has 0 heterocycles. The van der Waals surface area contributed by atoms with Gasteiger partial charge in [0, 0.05) is 0 Å². The molecular formula is C11H16O2. The SMILES string of the molecule is C=C1CC[C@H]2C(C)(C)[C@]12C(=O)OC. The Kier molecular flexibility index (Phi) is 1.47. The number of ether oxygens (including phenoxy) is 1. The van der Waals surface area contributed by atoms with Crippen molar-refractivity contribution in [2.24, 2.45) is 16.7 Å². The van der Waals surface area contributed by atoms with Crippen LogP contribution in [-0.2, 0) is 9.53 Å². The third-order valence-corrected chi connectivity index (χ3v) is 4.13. The average Bonchev–Trinajstić information content (AvgIpc) is 2.41. The van der Waals surface area contributed by atoms with Gasteiger partial charge in [-0.25, -0.2) is 0 Å². The highest BCUT2D eigenvalue weighted by atomic mass is 16.5. The van der Waals surface area contributed by atoms with Gasteiger partial charge in [-0.3, -0.25) is 4.79 Å². The van der Waals surface area contributed by atoms with E-state index in [1.54, 1.807) is 0 Å². The van der Waals surface area contributed by atoms with Gasteiger partial charge in [0.15, 0.2) is 0 Å². The maximum atomic E-state index is 11.7. The van der Waals surface area contributed by atoms with Crippen LogP contribution in [0.3, 0.4) is 0 Å². The van der Waals surface area contributed by atoms with Crippen molar-refractivity contribution < 1.29 is 9.53 Å². The van der Waals surface area contributed by atoms with Crippen LogP contribution in [-0.4, -0.2) is 13.1 Å². The van der Waals surface area contributed by atoms with Gasteiger partial charge < -0.3 is 4.74 Å². The maximum Gasteiger partial charge on any atom is 0.316 e. The third kappa shape index (κ3) is 0.687. The normalized spacial score (nSPS) is 39.9. The summed E-state index contributed by atoms with van der Waals surface area (Å²) in [5, 5.41) is 0. The Morgan fingerprint density at radius 2 is 2.23 bits per heavy atom. The molecule has 0 bridgehead atoms. The van der Waals surface area contributed by atoms with Gasteiger partial charge >= 0.3 is 5.97 Å². The second-order valence-corrected chi connectivity index (χ2v) is 4.72. The van der Waals surface area contributed by atoms with E-state index < -0.39 is 0 Å². The zero-order valence-electron chi connectivity index (χ0n) is 8.52. The van der Waals surface area contributed by atoms with Gasteiger partial charge in [-0.2, -0.15) is 0 Å². The number of carbonyl (C=O) groups excluding carboxylic acids is 1. The first kappa shape index (κ1) is 8.79. The molecular weight excluding hydrogens is 164 g/mol. The molecule has 0 spiro atoms. The van der Waals surface area contributed by atoms with E-state index in [1.807, 2.05) is 0 Å². The highest BCUT2D eigenvalue weighted by Gasteiger charge is 2.79. The molecule has 2 aliphatic rings. The number of rotatable bonds is 1. The summed E-state index contributed by atoms with van der Waals surface area (Å²) in [6.07, 6.45) is 2.09. The van der Waals surface area contributed by atoms with Crippen molar-refractivity contribution in [3.8, 4) is 0 Å². The Bertz CT molecular complexity index is 290. The summed E-state index contributed by atoms with van der Waals surface area (Å²) >= 11 is 0. The van der Waals surface area contributed by atoms with Crippen LogP contribution in [0.15, 0.2) is 12.2 Å². The van der Waals surface area contributed by atoms with E-state index in [-0.39, 0.29) is 16.8 Å². The molecule has 0 aromatic rings. The highest BCUT2D eigenvalue weighted by molar-refractivity contribution is 5.87. The van der Waals surface area contributed by atoms with Crippen molar-refractivity contribution in [3.05, 3.63) is 12.2 Å². The topological polar surface area (TPSA) is 26.3 Å². The minimum Gasteiger partial charge on any atom is -0.468 e. The molecule has 2 aliphatic carbocycles. The average molecular weight is 180 g/mol. The second-order valence-electron chi connectivity index (χ2n) is 4.72. The Morgan fingerprint density at radius 3 is 2.62 bits per heavy atom. The lowest BCUT2D eigenvalue weighted by Crippen LogP contribution is -2.23. The molecule has 2 saturated carbocycles. The Morgan fingerprint density at radius 1 is 1.62 bits per heavy atom. The molecule has 0 aromatic carbocycles. The quantitative estimate of drug-likeness (QED) is 0.456. The molecule has 0 unspecified atom stereocenters. The molecule has 2 nitrogen and oxygen atoms in total. The van der Waals surface area contributed by atoms with E-state index in [4.69, 9.17) is 4.74 Å². The van der Waals surface area contributed by atoms with E-state index in [9.17, 15) is 4.79 Å². The Hall–Kier alpha value is -0.790. The van der Waals surface area contributed by atoms with Crippen LogP contribution in [0.2, 0.25) is 0 Å². The van der Waals surface area contributed by atoms with Gasteiger partial charge in [0.25, 0.3) is 0 Å². The van der Waals surface area contributed by atoms with Crippen LogP contribution in [0, 0.1) is 16.7 Å². The summed E-state index contributed by atoms with van der Waals surface area (Å²) in [7, 11) is 1.47. The predicted molar refractivity (Wildman–Crippen MR) is 50.1 cm³/mol. The van der Waals surface area contributed by atoms with Crippen molar-refractivity contribution in [1.29, 1.82) is 0 Å². The number of hydrogen-bond donors (Lipinski definition) is 0. The molecule has 2 atom stereocenters. The molecule has 72 valence electrons. The van der Waals surface area contributed by atoms with Crippen molar-refractivity contribution in [2.45, 2.75) is 26.7 Å². The van der Waals surface area contributed by atoms with Gasteiger partial charge in [-0.05, 0) is 24.2 Å². The van der Waals surface area contributed by atoms with Crippen LogP contribution in [0.25, 0.3) is 0 Å². The Balaban J connectivity index is 2.40. The molecule has 0 aromatic heterocycles. The fourth-order valence-corrected chi connectivity index (χ4v) is 3.38. The molecule has 2 rings (SSSR count). The lowest BCUT2D eigenvalue weighted by atomic mass is 9.88. The summed E-state index contributed by atoms with van der Waals surface area (Å²) in [6.45, 7) is 8.29. The lowest BCUT2D eigenvalue weighted by Gasteiger charge is -2.18. The van der Waals surface area contributed by atoms with Gasteiger partial charge in [-0.1, -0.05) is 26.0 Å². The van der Waals surface area contributed by atoms with Crippen LogP contribution in [0.4, 0.5) is 0 Å². The summed E-state index contributed by atoms with van der Waals surface area (Å²) in [6, 6.07) is 0.